The van der Waals surface area contributed by atoms with Crippen LogP contribution in [0.4, 0.5) is 18.9 Å². The van der Waals surface area contributed by atoms with Crippen LogP contribution in [0.25, 0.3) is 21.9 Å². The number of pyridine rings is 2. The van der Waals surface area contributed by atoms with Gasteiger partial charge in [-0.3, -0.25) is 4.79 Å². The van der Waals surface area contributed by atoms with Gasteiger partial charge in [0.15, 0.2) is 5.65 Å². The summed E-state index contributed by atoms with van der Waals surface area (Å²) in [6.45, 7) is -0.0982. The van der Waals surface area contributed by atoms with E-state index in [4.69, 9.17) is 0 Å². The van der Waals surface area contributed by atoms with Gasteiger partial charge in [0.05, 0.1) is 17.6 Å². The predicted octanol–water partition coefficient (Wildman–Crippen LogP) is 3.35. The fraction of sp³-hybridized carbons (Fsp3) is 0.421. The van der Waals surface area contributed by atoms with Gasteiger partial charge in [-0.05, 0) is 25.0 Å². The van der Waals surface area contributed by atoms with Gasteiger partial charge in [0, 0.05) is 49.0 Å². The number of carbonyl (C=O) groups excluding carboxylic acids is 1. The van der Waals surface area contributed by atoms with Crippen LogP contribution >= 0.6 is 0 Å². The molecule has 9 heteroatoms. The lowest BCUT2D eigenvalue weighted by atomic mass is 9.95. The first-order valence-corrected chi connectivity index (χ1v) is 9.11. The maximum absolute atomic E-state index is 12.6. The zero-order valence-corrected chi connectivity index (χ0v) is 15.3. The first kappa shape index (κ1) is 18.5. The molecule has 6 nitrogen and oxygen atoms in total. The van der Waals surface area contributed by atoms with Crippen LogP contribution < -0.4 is 4.90 Å². The summed E-state index contributed by atoms with van der Waals surface area (Å²) in [5.74, 6) is -0.925. The van der Waals surface area contributed by atoms with E-state index in [1.54, 1.807) is 12.4 Å². The number of anilines is 1. The molecular formula is C19H20F3N5O. The Bertz CT molecular complexity index is 1020. The Hall–Kier alpha value is -2.84. The molecule has 0 bridgehead atoms. The number of aromatic amines is 1. The van der Waals surface area contributed by atoms with Crippen molar-refractivity contribution in [3.8, 4) is 0 Å². The molecule has 0 radical (unpaired) electrons. The highest BCUT2D eigenvalue weighted by atomic mass is 19.4. The van der Waals surface area contributed by atoms with Crippen molar-refractivity contribution < 1.29 is 18.0 Å². The first-order chi connectivity index (χ1) is 13.3. The number of hydrogen-bond acceptors (Lipinski definition) is 4. The number of fused-ring (bicyclic) bond motifs is 3. The third-order valence-electron chi connectivity index (χ3n) is 5.17. The largest absolute Gasteiger partial charge is 0.406 e. The molecule has 1 amide bonds. The topological polar surface area (TPSA) is 65.1 Å². The number of nitrogens with one attached hydrogen (secondary N) is 1. The van der Waals surface area contributed by atoms with Gasteiger partial charge in [-0.2, -0.15) is 13.2 Å². The molecule has 0 aromatic carbocycles. The highest BCUT2D eigenvalue weighted by Gasteiger charge is 2.35. The van der Waals surface area contributed by atoms with E-state index in [1.807, 2.05) is 18.3 Å². The summed E-state index contributed by atoms with van der Waals surface area (Å²) >= 11 is 0. The van der Waals surface area contributed by atoms with Crippen molar-refractivity contribution >= 4 is 33.5 Å². The SMILES string of the molecule is CN(CC(F)(F)F)C(=O)C1CCCN(c2cc[nH]c3cnc4nccc4c23)C1. The normalized spacial score (nSPS) is 18.0. The number of rotatable bonds is 3. The third kappa shape index (κ3) is 3.48. The summed E-state index contributed by atoms with van der Waals surface area (Å²) in [5.41, 5.74) is 2.42. The minimum atomic E-state index is -4.40. The lowest BCUT2D eigenvalue weighted by Gasteiger charge is -2.36. The van der Waals surface area contributed by atoms with E-state index in [9.17, 15) is 18.0 Å². The Kier molecular flexibility index (Phi) is 4.60. The Balaban J connectivity index is 1.63. The minimum Gasteiger partial charge on any atom is -0.370 e. The smallest absolute Gasteiger partial charge is 0.370 e. The van der Waals surface area contributed by atoms with E-state index in [-0.39, 0.29) is 0 Å². The lowest BCUT2D eigenvalue weighted by Crippen LogP contribution is -2.46. The van der Waals surface area contributed by atoms with Crippen LogP contribution in [0.15, 0.2) is 30.7 Å². The second-order valence-electron chi connectivity index (χ2n) is 7.19. The van der Waals surface area contributed by atoms with Crippen molar-refractivity contribution in [2.45, 2.75) is 19.0 Å². The van der Waals surface area contributed by atoms with Gasteiger partial charge < -0.3 is 14.8 Å². The fourth-order valence-electron chi connectivity index (χ4n) is 3.96. The van der Waals surface area contributed by atoms with Crippen molar-refractivity contribution in [3.63, 3.8) is 0 Å². The number of H-pyrrole nitrogens is 1. The summed E-state index contributed by atoms with van der Waals surface area (Å²) in [7, 11) is 1.21. The molecule has 28 heavy (non-hydrogen) atoms. The molecule has 3 aromatic heterocycles. The monoisotopic (exact) mass is 391 g/mol. The predicted molar refractivity (Wildman–Crippen MR) is 100 cm³/mol. The van der Waals surface area contributed by atoms with Crippen LogP contribution in [0.2, 0.25) is 0 Å². The van der Waals surface area contributed by atoms with Gasteiger partial charge in [-0.1, -0.05) is 0 Å². The van der Waals surface area contributed by atoms with Gasteiger partial charge >= 0.3 is 6.18 Å². The zero-order chi connectivity index (χ0) is 19.9. The average molecular weight is 391 g/mol. The standard InChI is InChI=1S/C19H20F3N5O/c1-26(11-19(20,21)22)18(28)12-3-2-8-27(10-12)15-5-7-23-14-9-25-17-13(16(14)15)4-6-24-17/h4-7,9,12,23H,2-3,8,10-11H2,1H3. The fourth-order valence-corrected chi connectivity index (χ4v) is 3.96. The summed E-state index contributed by atoms with van der Waals surface area (Å²) < 4.78 is 37.9. The molecule has 1 unspecified atom stereocenters. The van der Waals surface area contributed by atoms with Gasteiger partial charge in [0.2, 0.25) is 5.91 Å². The van der Waals surface area contributed by atoms with Crippen molar-refractivity contribution in [3.05, 3.63) is 30.7 Å². The molecule has 3 aromatic rings. The van der Waals surface area contributed by atoms with Crippen molar-refractivity contribution in [2.75, 3.05) is 31.6 Å². The van der Waals surface area contributed by atoms with Crippen LogP contribution in [0.5, 0.6) is 0 Å². The third-order valence-corrected chi connectivity index (χ3v) is 5.17. The number of piperidine rings is 1. The van der Waals surface area contributed by atoms with Crippen molar-refractivity contribution in [1.82, 2.24) is 19.9 Å². The molecule has 4 rings (SSSR count). The van der Waals surface area contributed by atoms with Crippen LogP contribution in [-0.4, -0.2) is 58.6 Å². The quantitative estimate of drug-likeness (QED) is 0.744. The number of carbonyl (C=O) groups is 1. The van der Waals surface area contributed by atoms with E-state index in [0.29, 0.717) is 18.6 Å². The molecule has 1 aliphatic rings. The van der Waals surface area contributed by atoms with Gasteiger partial charge in [-0.25, -0.2) is 9.97 Å². The highest BCUT2D eigenvalue weighted by molar-refractivity contribution is 6.10. The number of hydrogen-bond donors (Lipinski definition) is 1. The number of aromatic nitrogens is 3. The molecule has 1 atom stereocenters. The Labute approximate surface area is 159 Å². The van der Waals surface area contributed by atoms with E-state index < -0.39 is 24.5 Å². The Morgan fingerprint density at radius 1 is 1.36 bits per heavy atom. The molecule has 1 fully saturated rings. The van der Waals surface area contributed by atoms with Crippen LogP contribution in [-0.2, 0) is 4.79 Å². The van der Waals surface area contributed by atoms with Gasteiger partial charge in [0.1, 0.15) is 6.54 Å². The van der Waals surface area contributed by atoms with Crippen LogP contribution in [0.1, 0.15) is 12.8 Å². The second kappa shape index (κ2) is 6.96. The molecule has 4 heterocycles. The van der Waals surface area contributed by atoms with Crippen LogP contribution in [0.3, 0.4) is 0 Å². The molecular weight excluding hydrogens is 371 g/mol. The molecule has 1 saturated heterocycles. The van der Waals surface area contributed by atoms with Gasteiger partial charge in [-0.15, -0.1) is 0 Å². The summed E-state index contributed by atoms with van der Waals surface area (Å²) in [4.78, 5) is 27.2. The van der Waals surface area contributed by atoms with E-state index in [1.165, 1.54) is 7.05 Å². The van der Waals surface area contributed by atoms with Crippen LogP contribution in [0, 0.1) is 5.92 Å². The van der Waals surface area contributed by atoms with Crippen molar-refractivity contribution in [2.24, 2.45) is 5.92 Å². The maximum Gasteiger partial charge on any atom is 0.406 e. The summed E-state index contributed by atoms with van der Waals surface area (Å²) in [5, 5.41) is 1.87. The molecule has 0 spiro atoms. The van der Waals surface area contributed by atoms with E-state index in [0.717, 1.165) is 39.8 Å². The molecule has 1 aliphatic heterocycles. The molecule has 1 N–H and O–H groups in total. The highest BCUT2D eigenvalue weighted by Crippen LogP contribution is 2.33. The van der Waals surface area contributed by atoms with E-state index in [2.05, 4.69) is 19.9 Å². The summed E-state index contributed by atoms with van der Waals surface area (Å²) in [6.07, 6.45) is 2.16. The Morgan fingerprint density at radius 2 is 2.18 bits per heavy atom. The lowest BCUT2D eigenvalue weighted by molar-refractivity contribution is -0.161. The second-order valence-corrected chi connectivity index (χ2v) is 7.19. The average Bonchev–Trinajstić information content (AvgIpc) is 3.14. The number of amides is 1. The minimum absolute atomic E-state index is 0.387. The number of alkyl halides is 3. The first-order valence-electron chi connectivity index (χ1n) is 9.11. The van der Waals surface area contributed by atoms with Gasteiger partial charge in [0.25, 0.3) is 0 Å². The molecule has 148 valence electrons. The Morgan fingerprint density at radius 3 is 2.96 bits per heavy atom. The zero-order valence-electron chi connectivity index (χ0n) is 15.3. The maximum atomic E-state index is 12.6. The molecule has 0 saturated carbocycles. The number of nitrogens with zero attached hydrogens (tertiary/aromatic N) is 4. The summed E-state index contributed by atoms with van der Waals surface area (Å²) in [6, 6.07) is 3.83. The molecule has 0 aliphatic carbocycles. The number of halogens is 3. The van der Waals surface area contributed by atoms with E-state index >= 15 is 0 Å². The van der Waals surface area contributed by atoms with Crippen molar-refractivity contribution in [1.29, 1.82) is 0 Å².